The summed E-state index contributed by atoms with van der Waals surface area (Å²) >= 11 is 1.72. The minimum absolute atomic E-state index is 0.129. The Morgan fingerprint density at radius 3 is 2.97 bits per heavy atom. The van der Waals surface area contributed by atoms with Crippen LogP contribution in [0, 0.1) is 5.92 Å². The molecule has 1 aromatic carbocycles. The fourth-order valence-electron chi connectivity index (χ4n) is 4.10. The lowest BCUT2D eigenvalue weighted by molar-refractivity contribution is 0.0601. The number of benzene rings is 1. The monoisotopic (exact) mass is 462 g/mol. The van der Waals surface area contributed by atoms with Crippen molar-refractivity contribution in [3.8, 4) is 0 Å². The average Bonchev–Trinajstić information content (AvgIpc) is 3.48. The van der Waals surface area contributed by atoms with Gasteiger partial charge in [0.2, 0.25) is 0 Å². The largest absolute Gasteiger partial charge is 0.381 e. The number of rotatable bonds is 8. The molecular weight excluding hydrogens is 436 g/mol. The van der Waals surface area contributed by atoms with E-state index >= 15 is 0 Å². The van der Waals surface area contributed by atoms with Gasteiger partial charge in [-0.2, -0.15) is 5.10 Å². The SMILES string of the molecule is CC(=O)c1nnc(Nc2cnn(CC3CCOCC3)c2)cc1NCc1cccc2ccsc12. The van der Waals surface area contributed by atoms with Crippen molar-refractivity contribution in [2.75, 3.05) is 23.8 Å². The summed E-state index contributed by atoms with van der Waals surface area (Å²) < 4.78 is 8.63. The highest BCUT2D eigenvalue weighted by Gasteiger charge is 2.16. The summed E-state index contributed by atoms with van der Waals surface area (Å²) in [6.45, 7) is 4.62. The number of hydrogen-bond donors (Lipinski definition) is 2. The lowest BCUT2D eigenvalue weighted by atomic mass is 10.0. The van der Waals surface area contributed by atoms with Crippen molar-refractivity contribution in [3.63, 3.8) is 0 Å². The predicted molar refractivity (Wildman–Crippen MR) is 130 cm³/mol. The van der Waals surface area contributed by atoms with Gasteiger partial charge in [-0.05, 0) is 41.2 Å². The topological polar surface area (TPSA) is 94.0 Å². The van der Waals surface area contributed by atoms with E-state index in [9.17, 15) is 4.79 Å². The van der Waals surface area contributed by atoms with E-state index in [0.717, 1.165) is 38.3 Å². The molecule has 0 unspecified atom stereocenters. The molecule has 0 aliphatic carbocycles. The van der Waals surface area contributed by atoms with Crippen LogP contribution in [0.3, 0.4) is 0 Å². The van der Waals surface area contributed by atoms with Crippen LogP contribution in [0.2, 0.25) is 0 Å². The first-order valence-corrected chi connectivity index (χ1v) is 12.0. The number of Topliss-reactive ketones (excluding diaryl/α,β-unsaturated/α-hetero) is 1. The Morgan fingerprint density at radius 1 is 1.24 bits per heavy atom. The van der Waals surface area contributed by atoms with E-state index in [0.29, 0.717) is 29.7 Å². The molecule has 8 nitrogen and oxygen atoms in total. The summed E-state index contributed by atoms with van der Waals surface area (Å²) in [5.41, 5.74) is 3.00. The Labute approximate surface area is 196 Å². The molecule has 3 aromatic heterocycles. The lowest BCUT2D eigenvalue weighted by Gasteiger charge is -2.21. The predicted octanol–water partition coefficient (Wildman–Crippen LogP) is 4.87. The standard InChI is InChI=1S/C24H26N6O2S/c1-16(31)23-21(25-12-19-4-2-3-18-7-10-33-24(18)19)11-22(28-29-23)27-20-13-26-30(15-20)14-17-5-8-32-9-6-17/h2-4,7,10-11,13,15,17H,5-6,8-9,12,14H2,1H3,(H2,25,27,28). The third kappa shape index (κ3) is 5.04. The van der Waals surface area contributed by atoms with E-state index in [1.807, 2.05) is 23.0 Å². The molecule has 1 saturated heterocycles. The van der Waals surface area contributed by atoms with Crippen molar-refractivity contribution in [2.24, 2.45) is 5.92 Å². The number of thiophene rings is 1. The highest BCUT2D eigenvalue weighted by molar-refractivity contribution is 7.17. The molecule has 1 aliphatic rings. The summed E-state index contributed by atoms with van der Waals surface area (Å²) in [6.07, 6.45) is 5.88. The van der Waals surface area contributed by atoms with Crippen LogP contribution in [0.5, 0.6) is 0 Å². The molecule has 5 rings (SSSR count). The van der Waals surface area contributed by atoms with Crippen LogP contribution >= 0.6 is 11.3 Å². The number of anilines is 3. The number of aromatic nitrogens is 4. The van der Waals surface area contributed by atoms with Crippen LogP contribution in [0.1, 0.15) is 35.8 Å². The van der Waals surface area contributed by atoms with Gasteiger partial charge in [0, 0.05) is 50.2 Å². The van der Waals surface area contributed by atoms with E-state index in [1.165, 1.54) is 22.6 Å². The van der Waals surface area contributed by atoms with Gasteiger partial charge in [0.15, 0.2) is 17.3 Å². The smallest absolute Gasteiger partial charge is 0.182 e. The maximum Gasteiger partial charge on any atom is 0.182 e. The zero-order valence-corrected chi connectivity index (χ0v) is 19.3. The summed E-state index contributed by atoms with van der Waals surface area (Å²) in [6, 6.07) is 10.2. The van der Waals surface area contributed by atoms with Gasteiger partial charge in [-0.15, -0.1) is 21.5 Å². The molecule has 4 aromatic rings. The molecule has 0 spiro atoms. The number of carbonyl (C=O) groups excluding carboxylic acids is 1. The highest BCUT2D eigenvalue weighted by atomic mass is 32.1. The van der Waals surface area contributed by atoms with E-state index in [1.54, 1.807) is 17.5 Å². The Bertz CT molecular complexity index is 1260. The zero-order chi connectivity index (χ0) is 22.6. The van der Waals surface area contributed by atoms with Gasteiger partial charge in [0.1, 0.15) is 0 Å². The van der Waals surface area contributed by atoms with Crippen LogP contribution in [-0.4, -0.2) is 39.0 Å². The van der Waals surface area contributed by atoms with Crippen molar-refractivity contribution in [2.45, 2.75) is 32.9 Å². The van der Waals surface area contributed by atoms with E-state index in [2.05, 4.69) is 49.5 Å². The lowest BCUT2D eigenvalue weighted by Crippen LogP contribution is -2.20. The normalized spacial score (nSPS) is 14.5. The number of nitrogens with one attached hydrogen (secondary N) is 2. The van der Waals surface area contributed by atoms with Gasteiger partial charge in [-0.25, -0.2) is 0 Å². The molecule has 0 atom stereocenters. The van der Waals surface area contributed by atoms with Gasteiger partial charge < -0.3 is 15.4 Å². The van der Waals surface area contributed by atoms with E-state index < -0.39 is 0 Å². The van der Waals surface area contributed by atoms with Crippen molar-refractivity contribution >= 4 is 44.4 Å². The third-order valence-electron chi connectivity index (χ3n) is 5.85. The molecular formula is C24H26N6O2S. The minimum Gasteiger partial charge on any atom is -0.381 e. The number of carbonyl (C=O) groups is 1. The van der Waals surface area contributed by atoms with Crippen molar-refractivity contribution in [3.05, 3.63) is 59.4 Å². The number of nitrogens with zero attached hydrogens (tertiary/aromatic N) is 4. The second-order valence-corrected chi connectivity index (χ2v) is 9.21. The second kappa shape index (κ2) is 9.68. The average molecular weight is 463 g/mol. The van der Waals surface area contributed by atoms with Crippen LogP contribution in [0.25, 0.3) is 10.1 Å². The van der Waals surface area contributed by atoms with Crippen LogP contribution in [0.4, 0.5) is 17.2 Å². The van der Waals surface area contributed by atoms with Crippen LogP contribution in [0.15, 0.2) is 48.1 Å². The van der Waals surface area contributed by atoms with Gasteiger partial charge in [0.05, 0.1) is 17.6 Å². The quantitative estimate of drug-likeness (QED) is 0.361. The second-order valence-electron chi connectivity index (χ2n) is 8.29. The summed E-state index contributed by atoms with van der Waals surface area (Å²) in [5.74, 6) is 1.02. The molecule has 1 fully saturated rings. The zero-order valence-electron chi connectivity index (χ0n) is 18.5. The molecule has 4 heterocycles. The number of hydrogen-bond acceptors (Lipinski definition) is 8. The molecule has 0 amide bonds. The first-order valence-electron chi connectivity index (χ1n) is 11.1. The summed E-state index contributed by atoms with van der Waals surface area (Å²) in [5, 5.41) is 22.8. The maximum absolute atomic E-state index is 12.1. The van der Waals surface area contributed by atoms with Crippen molar-refractivity contribution in [1.82, 2.24) is 20.0 Å². The summed E-state index contributed by atoms with van der Waals surface area (Å²) in [4.78, 5) is 12.1. The number of fused-ring (bicyclic) bond motifs is 1. The molecule has 2 N–H and O–H groups in total. The van der Waals surface area contributed by atoms with Crippen molar-refractivity contribution < 1.29 is 9.53 Å². The molecule has 1 aliphatic heterocycles. The molecule has 0 radical (unpaired) electrons. The van der Waals surface area contributed by atoms with Gasteiger partial charge in [-0.3, -0.25) is 9.48 Å². The van der Waals surface area contributed by atoms with E-state index in [-0.39, 0.29) is 5.78 Å². The molecule has 0 saturated carbocycles. The fourth-order valence-corrected chi connectivity index (χ4v) is 5.02. The molecule has 0 bridgehead atoms. The van der Waals surface area contributed by atoms with Crippen molar-refractivity contribution in [1.29, 1.82) is 0 Å². The number of ether oxygens (including phenoxy) is 1. The molecule has 33 heavy (non-hydrogen) atoms. The van der Waals surface area contributed by atoms with Crippen LogP contribution < -0.4 is 10.6 Å². The maximum atomic E-state index is 12.1. The van der Waals surface area contributed by atoms with E-state index in [4.69, 9.17) is 4.74 Å². The third-order valence-corrected chi connectivity index (χ3v) is 6.85. The Kier molecular flexibility index (Phi) is 6.32. The Morgan fingerprint density at radius 2 is 2.12 bits per heavy atom. The van der Waals surface area contributed by atoms with Gasteiger partial charge in [-0.1, -0.05) is 18.2 Å². The number of ketones is 1. The fraction of sp³-hybridized carbons (Fsp3) is 0.333. The molecule has 170 valence electrons. The highest BCUT2D eigenvalue weighted by Crippen LogP contribution is 2.27. The minimum atomic E-state index is -0.129. The Hall–Kier alpha value is -3.30. The summed E-state index contributed by atoms with van der Waals surface area (Å²) in [7, 11) is 0. The first-order chi connectivity index (χ1) is 16.2. The van der Waals surface area contributed by atoms with Gasteiger partial charge >= 0.3 is 0 Å². The molecule has 9 heteroatoms. The Balaban J connectivity index is 1.30. The van der Waals surface area contributed by atoms with Gasteiger partial charge in [0.25, 0.3) is 0 Å². The van der Waals surface area contributed by atoms with Crippen LogP contribution in [-0.2, 0) is 17.8 Å². The first kappa shape index (κ1) is 21.5.